The van der Waals surface area contributed by atoms with E-state index in [1.54, 1.807) is 11.3 Å². The summed E-state index contributed by atoms with van der Waals surface area (Å²) in [6.45, 7) is 5.25. The molecule has 2 N–H and O–H groups in total. The maximum atomic E-state index is 5.80. The topological polar surface area (TPSA) is 42.1 Å². The maximum absolute atomic E-state index is 5.80. The highest BCUT2D eigenvalue weighted by Crippen LogP contribution is 2.35. The van der Waals surface area contributed by atoms with E-state index in [0.29, 0.717) is 12.0 Å². The number of nitrogens with two attached hydrogens (primary N) is 1. The third kappa shape index (κ3) is 1.69. The van der Waals surface area contributed by atoms with Gasteiger partial charge in [-0.2, -0.15) is 0 Å². The van der Waals surface area contributed by atoms with Gasteiger partial charge in [0.2, 0.25) is 0 Å². The number of hydrogen-bond acceptors (Lipinski definition) is 4. The lowest BCUT2D eigenvalue weighted by Gasteiger charge is -2.24. The fourth-order valence-corrected chi connectivity index (χ4v) is 2.91. The maximum Gasteiger partial charge on any atom is 0.0795 e. The summed E-state index contributed by atoms with van der Waals surface area (Å²) in [5.41, 5.74) is 8.92. The molecule has 2 unspecified atom stereocenters. The first kappa shape index (κ1) is 10.1. The SMILES string of the molecule is CCN1CCC(CN)C1c1cscn1. The van der Waals surface area contributed by atoms with Crippen molar-refractivity contribution in [1.82, 2.24) is 9.88 Å². The summed E-state index contributed by atoms with van der Waals surface area (Å²) < 4.78 is 0. The van der Waals surface area contributed by atoms with Gasteiger partial charge in [0.05, 0.1) is 17.2 Å². The molecule has 4 heteroatoms. The van der Waals surface area contributed by atoms with Gasteiger partial charge in [-0.1, -0.05) is 6.92 Å². The van der Waals surface area contributed by atoms with Crippen molar-refractivity contribution in [3.63, 3.8) is 0 Å². The Labute approximate surface area is 88.9 Å². The van der Waals surface area contributed by atoms with Crippen LogP contribution < -0.4 is 5.73 Å². The van der Waals surface area contributed by atoms with Crippen LogP contribution in [0.25, 0.3) is 0 Å². The molecule has 0 radical (unpaired) electrons. The van der Waals surface area contributed by atoms with E-state index in [9.17, 15) is 0 Å². The van der Waals surface area contributed by atoms with E-state index < -0.39 is 0 Å². The Morgan fingerprint density at radius 3 is 3.14 bits per heavy atom. The fraction of sp³-hybridized carbons (Fsp3) is 0.700. The second kappa shape index (κ2) is 4.38. The Balaban J connectivity index is 2.19. The van der Waals surface area contributed by atoms with Crippen LogP contribution in [0.5, 0.6) is 0 Å². The van der Waals surface area contributed by atoms with Crippen LogP contribution in [0.15, 0.2) is 10.9 Å². The van der Waals surface area contributed by atoms with Crippen LogP contribution in [0.4, 0.5) is 0 Å². The highest BCUT2D eigenvalue weighted by atomic mass is 32.1. The molecule has 78 valence electrons. The van der Waals surface area contributed by atoms with E-state index in [2.05, 4.69) is 22.2 Å². The van der Waals surface area contributed by atoms with E-state index in [0.717, 1.165) is 13.1 Å². The number of hydrogen-bond donors (Lipinski definition) is 1. The van der Waals surface area contributed by atoms with Gasteiger partial charge in [0, 0.05) is 5.38 Å². The molecular weight excluding hydrogens is 194 g/mol. The first-order chi connectivity index (χ1) is 6.86. The summed E-state index contributed by atoms with van der Waals surface area (Å²) >= 11 is 1.67. The number of aromatic nitrogens is 1. The summed E-state index contributed by atoms with van der Waals surface area (Å²) in [7, 11) is 0. The van der Waals surface area contributed by atoms with Crippen molar-refractivity contribution in [1.29, 1.82) is 0 Å². The molecule has 0 saturated carbocycles. The summed E-state index contributed by atoms with van der Waals surface area (Å²) in [5.74, 6) is 0.594. The minimum atomic E-state index is 0.469. The highest BCUT2D eigenvalue weighted by Gasteiger charge is 2.34. The van der Waals surface area contributed by atoms with Crippen LogP contribution in [0.3, 0.4) is 0 Å². The number of nitrogens with zero attached hydrogens (tertiary/aromatic N) is 2. The van der Waals surface area contributed by atoms with Crippen molar-refractivity contribution < 1.29 is 0 Å². The van der Waals surface area contributed by atoms with Crippen molar-refractivity contribution in [2.24, 2.45) is 11.7 Å². The molecule has 0 amide bonds. The molecule has 1 saturated heterocycles. The van der Waals surface area contributed by atoms with Crippen molar-refractivity contribution >= 4 is 11.3 Å². The minimum absolute atomic E-state index is 0.469. The molecule has 0 bridgehead atoms. The quantitative estimate of drug-likeness (QED) is 0.823. The molecule has 2 heterocycles. The van der Waals surface area contributed by atoms with Gasteiger partial charge in [0.15, 0.2) is 0 Å². The summed E-state index contributed by atoms with van der Waals surface area (Å²) in [4.78, 5) is 6.89. The zero-order valence-electron chi connectivity index (χ0n) is 8.52. The van der Waals surface area contributed by atoms with Gasteiger partial charge in [-0.05, 0) is 32.0 Å². The van der Waals surface area contributed by atoms with E-state index in [-0.39, 0.29) is 0 Å². The monoisotopic (exact) mass is 211 g/mol. The molecule has 1 fully saturated rings. The molecule has 1 aliphatic heterocycles. The van der Waals surface area contributed by atoms with Crippen LogP contribution in [-0.4, -0.2) is 29.5 Å². The molecule has 1 aliphatic rings. The molecular formula is C10H17N3S. The lowest BCUT2D eigenvalue weighted by molar-refractivity contribution is 0.238. The van der Waals surface area contributed by atoms with E-state index >= 15 is 0 Å². The van der Waals surface area contributed by atoms with Gasteiger partial charge < -0.3 is 5.73 Å². The van der Waals surface area contributed by atoms with Crippen molar-refractivity contribution in [2.75, 3.05) is 19.6 Å². The largest absolute Gasteiger partial charge is 0.330 e. The summed E-state index contributed by atoms with van der Waals surface area (Å²) in [5, 5.41) is 2.15. The van der Waals surface area contributed by atoms with E-state index in [1.165, 1.54) is 18.7 Å². The second-order valence-corrected chi connectivity index (χ2v) is 4.49. The third-order valence-corrected chi connectivity index (χ3v) is 3.70. The second-order valence-electron chi connectivity index (χ2n) is 3.77. The summed E-state index contributed by atoms with van der Waals surface area (Å²) in [6, 6.07) is 0.469. The van der Waals surface area contributed by atoms with Gasteiger partial charge in [-0.25, -0.2) is 4.98 Å². The van der Waals surface area contributed by atoms with Gasteiger partial charge >= 0.3 is 0 Å². The smallest absolute Gasteiger partial charge is 0.0795 e. The molecule has 3 nitrogen and oxygen atoms in total. The number of rotatable bonds is 3. The highest BCUT2D eigenvalue weighted by molar-refractivity contribution is 7.07. The average molecular weight is 211 g/mol. The van der Waals surface area contributed by atoms with Crippen molar-refractivity contribution in [3.8, 4) is 0 Å². The lowest BCUT2D eigenvalue weighted by Crippen LogP contribution is -2.28. The normalized spacial score (nSPS) is 28.4. The van der Waals surface area contributed by atoms with Gasteiger partial charge in [-0.3, -0.25) is 4.90 Å². The third-order valence-electron chi connectivity index (χ3n) is 3.09. The summed E-state index contributed by atoms with van der Waals surface area (Å²) in [6.07, 6.45) is 1.21. The molecule has 1 aromatic heterocycles. The van der Waals surface area contributed by atoms with Crippen molar-refractivity contribution in [2.45, 2.75) is 19.4 Å². The molecule has 0 spiro atoms. The van der Waals surface area contributed by atoms with Crippen molar-refractivity contribution in [3.05, 3.63) is 16.6 Å². The molecule has 0 aliphatic carbocycles. The number of likely N-dealkylation sites (tertiary alicyclic amines) is 1. The van der Waals surface area contributed by atoms with Gasteiger partial charge in [0.25, 0.3) is 0 Å². The minimum Gasteiger partial charge on any atom is -0.330 e. The van der Waals surface area contributed by atoms with Crippen LogP contribution in [0, 0.1) is 5.92 Å². The predicted octanol–water partition coefficient (Wildman–Crippen LogP) is 1.48. The van der Waals surface area contributed by atoms with E-state index in [4.69, 9.17) is 5.73 Å². The van der Waals surface area contributed by atoms with E-state index in [1.807, 2.05) is 5.51 Å². The fourth-order valence-electron chi connectivity index (χ4n) is 2.32. The first-order valence-electron chi connectivity index (χ1n) is 5.19. The Hall–Kier alpha value is -0.450. The molecule has 14 heavy (non-hydrogen) atoms. The number of thiazole rings is 1. The predicted molar refractivity (Wildman–Crippen MR) is 59.3 cm³/mol. The van der Waals surface area contributed by atoms with Gasteiger partial charge in [0.1, 0.15) is 0 Å². The average Bonchev–Trinajstić information content (AvgIpc) is 2.85. The molecule has 2 atom stereocenters. The van der Waals surface area contributed by atoms with Crippen LogP contribution in [0.1, 0.15) is 25.1 Å². The Morgan fingerprint density at radius 2 is 2.57 bits per heavy atom. The molecule has 1 aromatic rings. The van der Waals surface area contributed by atoms with Crippen LogP contribution in [-0.2, 0) is 0 Å². The zero-order valence-corrected chi connectivity index (χ0v) is 9.33. The Morgan fingerprint density at radius 1 is 1.71 bits per heavy atom. The lowest BCUT2D eigenvalue weighted by atomic mass is 9.98. The zero-order chi connectivity index (χ0) is 9.97. The first-order valence-corrected chi connectivity index (χ1v) is 6.13. The van der Waals surface area contributed by atoms with Crippen LogP contribution >= 0.6 is 11.3 Å². The Bertz CT molecular complexity index is 261. The van der Waals surface area contributed by atoms with Gasteiger partial charge in [-0.15, -0.1) is 11.3 Å². The van der Waals surface area contributed by atoms with Crippen LogP contribution in [0.2, 0.25) is 0 Å². The Kier molecular flexibility index (Phi) is 3.15. The molecule has 2 rings (SSSR count). The molecule has 0 aromatic carbocycles. The standard InChI is InChI=1S/C10H17N3S/c1-2-13-4-3-8(5-11)10(13)9-6-14-7-12-9/h6-8,10H,2-5,11H2,1H3.